The first-order valence-corrected chi connectivity index (χ1v) is 12.6. The second kappa shape index (κ2) is 9.71. The number of piperidine rings is 1. The number of hydrogen-bond donors (Lipinski definition) is 2. The molecular formula is C21H24IN3O3S2. The molecule has 0 bridgehead atoms. The first-order valence-electron chi connectivity index (χ1n) is 9.65. The van der Waals surface area contributed by atoms with Gasteiger partial charge in [-0.25, -0.2) is 8.42 Å². The Bertz CT molecular complexity index is 1050. The molecule has 1 aliphatic rings. The molecule has 9 heteroatoms. The number of amides is 1. The zero-order chi connectivity index (χ0) is 21.9. The third kappa shape index (κ3) is 5.57. The minimum atomic E-state index is -3.49. The molecule has 1 fully saturated rings. The standard InChI is InChI=1S/C21H24IN3O3S2/c1-14-9-11-25(12-10-14)30(27,28)18-7-5-17(6-8-18)23-21(29)24-20(26)16-4-3-15(2)19(22)13-16/h3-8,13-14H,9-12H2,1-2H3,(H2,23,24,26,29). The Kier molecular flexibility index (Phi) is 7.48. The van der Waals surface area contributed by atoms with E-state index in [-0.39, 0.29) is 15.9 Å². The number of halogens is 1. The normalized spacial score (nSPS) is 15.6. The minimum absolute atomic E-state index is 0.149. The van der Waals surface area contributed by atoms with E-state index in [0.29, 0.717) is 30.3 Å². The maximum Gasteiger partial charge on any atom is 0.257 e. The minimum Gasteiger partial charge on any atom is -0.332 e. The number of thiocarbonyl (C=S) groups is 1. The molecule has 0 saturated carbocycles. The van der Waals surface area contributed by atoms with Crippen LogP contribution >= 0.6 is 34.8 Å². The summed E-state index contributed by atoms with van der Waals surface area (Å²) in [5, 5.41) is 5.71. The molecule has 0 aromatic heterocycles. The molecule has 1 saturated heterocycles. The van der Waals surface area contributed by atoms with Gasteiger partial charge in [-0.3, -0.25) is 10.1 Å². The van der Waals surface area contributed by atoms with Gasteiger partial charge in [-0.1, -0.05) is 13.0 Å². The van der Waals surface area contributed by atoms with Crippen molar-refractivity contribution in [3.05, 3.63) is 57.2 Å². The second-order valence-corrected chi connectivity index (χ2v) is 11.0. The molecule has 2 aromatic rings. The predicted molar refractivity (Wildman–Crippen MR) is 131 cm³/mol. The molecule has 6 nitrogen and oxygen atoms in total. The van der Waals surface area contributed by atoms with Gasteiger partial charge in [0.15, 0.2) is 5.11 Å². The molecule has 160 valence electrons. The summed E-state index contributed by atoms with van der Waals surface area (Å²) in [6, 6.07) is 11.8. The Morgan fingerprint density at radius 3 is 2.37 bits per heavy atom. The Balaban J connectivity index is 1.61. The van der Waals surface area contributed by atoms with Crippen LogP contribution in [0.5, 0.6) is 0 Å². The Labute approximate surface area is 196 Å². The van der Waals surface area contributed by atoms with Crippen molar-refractivity contribution < 1.29 is 13.2 Å². The third-order valence-corrected chi connectivity index (χ3v) is 8.43. The highest BCUT2D eigenvalue weighted by atomic mass is 127. The Morgan fingerprint density at radius 1 is 1.13 bits per heavy atom. The molecule has 30 heavy (non-hydrogen) atoms. The number of nitrogens with one attached hydrogen (secondary N) is 2. The van der Waals surface area contributed by atoms with Crippen LogP contribution in [0.3, 0.4) is 0 Å². The van der Waals surface area contributed by atoms with Crippen molar-refractivity contribution in [3.8, 4) is 0 Å². The van der Waals surface area contributed by atoms with Gasteiger partial charge in [-0.2, -0.15) is 4.31 Å². The van der Waals surface area contributed by atoms with Crippen LogP contribution < -0.4 is 10.6 Å². The molecular weight excluding hydrogens is 533 g/mol. The fourth-order valence-corrected chi connectivity index (χ4v) is 5.35. The lowest BCUT2D eigenvalue weighted by Crippen LogP contribution is -2.37. The van der Waals surface area contributed by atoms with Gasteiger partial charge >= 0.3 is 0 Å². The monoisotopic (exact) mass is 557 g/mol. The molecule has 1 heterocycles. The van der Waals surface area contributed by atoms with Gasteiger partial charge in [0.25, 0.3) is 5.91 Å². The molecule has 2 aromatic carbocycles. The zero-order valence-corrected chi connectivity index (χ0v) is 20.6. The number of sulfonamides is 1. The molecule has 0 aliphatic carbocycles. The number of hydrogen-bond acceptors (Lipinski definition) is 4. The maximum absolute atomic E-state index is 12.8. The van der Waals surface area contributed by atoms with Crippen molar-refractivity contribution in [1.82, 2.24) is 9.62 Å². The summed E-state index contributed by atoms with van der Waals surface area (Å²) < 4.78 is 28.2. The van der Waals surface area contributed by atoms with Crippen molar-refractivity contribution >= 4 is 61.5 Å². The van der Waals surface area contributed by atoms with E-state index in [1.165, 1.54) is 0 Å². The SMILES string of the molecule is Cc1ccc(C(=O)NC(=S)Nc2ccc(S(=O)(=O)N3CCC(C)CC3)cc2)cc1I. The van der Waals surface area contributed by atoms with Gasteiger partial charge in [0, 0.05) is 27.9 Å². The number of nitrogens with zero attached hydrogens (tertiary/aromatic N) is 1. The van der Waals surface area contributed by atoms with Crippen LogP contribution in [-0.2, 0) is 10.0 Å². The molecule has 1 aliphatic heterocycles. The van der Waals surface area contributed by atoms with Gasteiger partial charge in [0.1, 0.15) is 0 Å². The molecule has 0 spiro atoms. The number of carbonyl (C=O) groups is 1. The van der Waals surface area contributed by atoms with E-state index >= 15 is 0 Å². The van der Waals surface area contributed by atoms with Gasteiger partial charge in [0.2, 0.25) is 10.0 Å². The predicted octanol–water partition coefficient (Wildman–Crippen LogP) is 4.15. The quantitative estimate of drug-likeness (QED) is 0.437. The van der Waals surface area contributed by atoms with Gasteiger partial charge in [0.05, 0.1) is 4.90 Å². The van der Waals surface area contributed by atoms with Gasteiger partial charge in [-0.05, 0) is 102 Å². The average Bonchev–Trinajstić information content (AvgIpc) is 2.70. The highest BCUT2D eigenvalue weighted by Gasteiger charge is 2.27. The lowest BCUT2D eigenvalue weighted by Gasteiger charge is -2.29. The first-order chi connectivity index (χ1) is 14.2. The van der Waals surface area contributed by atoms with E-state index in [1.807, 2.05) is 13.0 Å². The Hall–Kier alpha value is -1.56. The van der Waals surface area contributed by atoms with E-state index in [2.05, 4.69) is 40.1 Å². The summed E-state index contributed by atoms with van der Waals surface area (Å²) in [5.41, 5.74) is 2.22. The summed E-state index contributed by atoms with van der Waals surface area (Å²) in [6.07, 6.45) is 1.76. The third-order valence-electron chi connectivity index (χ3n) is 5.15. The van der Waals surface area contributed by atoms with Crippen LogP contribution in [0.2, 0.25) is 0 Å². The van der Waals surface area contributed by atoms with Crippen LogP contribution in [-0.4, -0.2) is 36.8 Å². The van der Waals surface area contributed by atoms with Crippen LogP contribution in [0.4, 0.5) is 5.69 Å². The van der Waals surface area contributed by atoms with Crippen LogP contribution in [0.25, 0.3) is 0 Å². The van der Waals surface area contributed by atoms with E-state index in [4.69, 9.17) is 12.2 Å². The molecule has 0 unspecified atom stereocenters. The van der Waals surface area contributed by atoms with Crippen LogP contribution in [0.15, 0.2) is 47.4 Å². The summed E-state index contributed by atoms with van der Waals surface area (Å²) in [5.74, 6) is 0.256. The second-order valence-electron chi connectivity index (χ2n) is 7.48. The number of benzene rings is 2. The number of aryl methyl sites for hydroxylation is 1. The fraction of sp³-hybridized carbons (Fsp3) is 0.333. The van der Waals surface area contributed by atoms with E-state index < -0.39 is 10.0 Å². The van der Waals surface area contributed by atoms with Crippen molar-refractivity contribution in [2.45, 2.75) is 31.6 Å². The summed E-state index contributed by atoms with van der Waals surface area (Å²) in [4.78, 5) is 12.6. The molecule has 0 atom stereocenters. The molecule has 0 radical (unpaired) electrons. The largest absolute Gasteiger partial charge is 0.332 e. The lowest BCUT2D eigenvalue weighted by atomic mass is 10.0. The summed E-state index contributed by atoms with van der Waals surface area (Å²) in [7, 11) is -3.49. The van der Waals surface area contributed by atoms with Crippen LogP contribution in [0, 0.1) is 16.4 Å². The average molecular weight is 557 g/mol. The van der Waals surface area contributed by atoms with Gasteiger partial charge < -0.3 is 5.32 Å². The number of rotatable bonds is 4. The van der Waals surface area contributed by atoms with E-state index in [9.17, 15) is 13.2 Å². The zero-order valence-electron chi connectivity index (χ0n) is 16.8. The number of carbonyl (C=O) groups excluding carboxylic acids is 1. The molecule has 3 rings (SSSR count). The summed E-state index contributed by atoms with van der Waals surface area (Å²) in [6.45, 7) is 5.23. The van der Waals surface area contributed by atoms with Crippen molar-refractivity contribution in [2.24, 2.45) is 5.92 Å². The maximum atomic E-state index is 12.8. The highest BCUT2D eigenvalue weighted by Crippen LogP contribution is 2.24. The smallest absolute Gasteiger partial charge is 0.257 e. The van der Waals surface area contributed by atoms with E-state index in [0.717, 1.165) is 22.0 Å². The first kappa shape index (κ1) is 23.1. The van der Waals surface area contributed by atoms with Crippen LogP contribution in [0.1, 0.15) is 35.7 Å². The number of anilines is 1. The van der Waals surface area contributed by atoms with E-state index in [1.54, 1.807) is 40.7 Å². The highest BCUT2D eigenvalue weighted by molar-refractivity contribution is 14.1. The van der Waals surface area contributed by atoms with Crippen molar-refractivity contribution in [2.75, 3.05) is 18.4 Å². The molecule has 1 amide bonds. The fourth-order valence-electron chi connectivity index (χ4n) is 3.16. The lowest BCUT2D eigenvalue weighted by molar-refractivity contribution is 0.0977. The van der Waals surface area contributed by atoms with Gasteiger partial charge in [-0.15, -0.1) is 0 Å². The Morgan fingerprint density at radius 2 is 1.77 bits per heavy atom. The van der Waals surface area contributed by atoms with Crippen molar-refractivity contribution in [3.63, 3.8) is 0 Å². The van der Waals surface area contributed by atoms with Crippen molar-refractivity contribution in [1.29, 1.82) is 0 Å². The molecule has 2 N–H and O–H groups in total. The topological polar surface area (TPSA) is 78.5 Å². The summed E-state index contributed by atoms with van der Waals surface area (Å²) >= 11 is 7.40.